The van der Waals surface area contributed by atoms with E-state index in [1.165, 1.54) is 0 Å². The van der Waals surface area contributed by atoms with Crippen LogP contribution in [-0.4, -0.2) is 16.2 Å². The zero-order valence-corrected chi connectivity index (χ0v) is 10.5. The van der Waals surface area contributed by atoms with Crippen molar-refractivity contribution in [3.63, 3.8) is 0 Å². The second-order valence-electron chi connectivity index (χ2n) is 3.89. The molecule has 2 aromatic rings. The van der Waals surface area contributed by atoms with E-state index in [0.29, 0.717) is 16.7 Å². The highest BCUT2D eigenvalue weighted by molar-refractivity contribution is 6.43. The normalized spacial score (nSPS) is 14.7. The van der Waals surface area contributed by atoms with Gasteiger partial charge in [-0.3, -0.25) is 0 Å². The van der Waals surface area contributed by atoms with Gasteiger partial charge in [0.2, 0.25) is 0 Å². The molecule has 0 fully saturated rings. The number of imidazole rings is 1. The van der Waals surface area contributed by atoms with E-state index in [0.717, 1.165) is 30.2 Å². The molecule has 88 valence electrons. The maximum absolute atomic E-state index is 6.18. The summed E-state index contributed by atoms with van der Waals surface area (Å²) in [4.78, 5) is 4.52. The molecule has 1 aliphatic heterocycles. The number of benzene rings is 1. The fraction of sp³-hybridized carbons (Fsp3) is 0.250. The van der Waals surface area contributed by atoms with Crippen molar-refractivity contribution in [2.75, 3.05) is 6.61 Å². The van der Waals surface area contributed by atoms with Gasteiger partial charge >= 0.3 is 0 Å². The predicted octanol–water partition coefficient (Wildman–Crippen LogP) is 3.39. The van der Waals surface area contributed by atoms with Gasteiger partial charge in [0.1, 0.15) is 12.4 Å². The van der Waals surface area contributed by atoms with Crippen LogP contribution in [-0.2, 0) is 17.9 Å². The van der Waals surface area contributed by atoms with Crippen LogP contribution in [0.3, 0.4) is 0 Å². The third kappa shape index (κ3) is 1.95. The minimum absolute atomic E-state index is 0.547. The Morgan fingerprint density at radius 1 is 1.29 bits per heavy atom. The van der Waals surface area contributed by atoms with Gasteiger partial charge in [0, 0.05) is 18.3 Å². The molecule has 1 aromatic heterocycles. The molecule has 0 saturated carbocycles. The van der Waals surface area contributed by atoms with E-state index in [-0.39, 0.29) is 0 Å². The Hall–Kier alpha value is -1.03. The smallest absolute Gasteiger partial charge is 0.135 e. The predicted molar refractivity (Wildman–Crippen MR) is 67.3 cm³/mol. The summed E-state index contributed by atoms with van der Waals surface area (Å²) < 4.78 is 7.45. The molecular formula is C12H10Cl2N2O. The molecule has 0 radical (unpaired) electrons. The molecular weight excluding hydrogens is 259 g/mol. The first-order valence-corrected chi connectivity index (χ1v) is 6.09. The first-order chi connectivity index (χ1) is 8.25. The molecule has 0 amide bonds. The van der Waals surface area contributed by atoms with Crippen molar-refractivity contribution in [3.05, 3.63) is 40.3 Å². The lowest BCUT2D eigenvalue weighted by Gasteiger charge is -2.13. The molecule has 0 spiro atoms. The lowest BCUT2D eigenvalue weighted by atomic mass is 10.2. The van der Waals surface area contributed by atoms with Crippen LogP contribution < -0.4 is 0 Å². The van der Waals surface area contributed by atoms with Crippen LogP contribution in [0.1, 0.15) is 5.82 Å². The van der Waals surface area contributed by atoms with Crippen molar-refractivity contribution < 1.29 is 4.74 Å². The Labute approximate surface area is 109 Å². The summed E-state index contributed by atoms with van der Waals surface area (Å²) in [6.07, 6.45) is 2.00. The monoisotopic (exact) mass is 268 g/mol. The summed E-state index contributed by atoms with van der Waals surface area (Å²) in [5.41, 5.74) is 1.71. The van der Waals surface area contributed by atoms with Gasteiger partial charge < -0.3 is 9.30 Å². The maximum atomic E-state index is 6.18. The van der Waals surface area contributed by atoms with Crippen molar-refractivity contribution in [3.8, 4) is 11.3 Å². The van der Waals surface area contributed by atoms with Crippen LogP contribution in [0.15, 0.2) is 24.4 Å². The zero-order valence-electron chi connectivity index (χ0n) is 8.99. The van der Waals surface area contributed by atoms with E-state index < -0.39 is 0 Å². The van der Waals surface area contributed by atoms with Crippen molar-refractivity contribution in [2.45, 2.75) is 13.2 Å². The lowest BCUT2D eigenvalue weighted by Crippen LogP contribution is -2.15. The highest BCUT2D eigenvalue weighted by Crippen LogP contribution is 2.33. The second-order valence-corrected chi connectivity index (χ2v) is 4.67. The Kier molecular flexibility index (Phi) is 2.82. The van der Waals surface area contributed by atoms with Gasteiger partial charge in [-0.15, -0.1) is 0 Å². The van der Waals surface area contributed by atoms with Gasteiger partial charge in [0.15, 0.2) is 0 Å². The fourth-order valence-corrected chi connectivity index (χ4v) is 2.32. The number of halogens is 2. The molecule has 1 aromatic carbocycles. The zero-order chi connectivity index (χ0) is 11.8. The highest BCUT2D eigenvalue weighted by atomic mass is 35.5. The van der Waals surface area contributed by atoms with Gasteiger partial charge in [0.25, 0.3) is 0 Å². The molecule has 0 bridgehead atoms. The van der Waals surface area contributed by atoms with E-state index >= 15 is 0 Å². The summed E-state index contributed by atoms with van der Waals surface area (Å²) in [5, 5.41) is 1.09. The van der Waals surface area contributed by atoms with Gasteiger partial charge in [-0.05, 0) is 6.07 Å². The van der Waals surface area contributed by atoms with E-state index in [1.807, 2.05) is 18.3 Å². The molecule has 17 heavy (non-hydrogen) atoms. The van der Waals surface area contributed by atoms with Crippen LogP contribution in [0.2, 0.25) is 10.0 Å². The van der Waals surface area contributed by atoms with E-state index in [4.69, 9.17) is 27.9 Å². The van der Waals surface area contributed by atoms with Crippen molar-refractivity contribution in [1.82, 2.24) is 9.55 Å². The first-order valence-electron chi connectivity index (χ1n) is 5.34. The Morgan fingerprint density at radius 3 is 3.00 bits per heavy atom. The van der Waals surface area contributed by atoms with Crippen LogP contribution in [0.5, 0.6) is 0 Å². The SMILES string of the molecule is Clc1cccc(-c2cn3c(n2)COCC3)c1Cl. The minimum atomic E-state index is 0.547. The molecule has 5 heteroatoms. The van der Waals surface area contributed by atoms with Crippen molar-refractivity contribution in [2.24, 2.45) is 0 Å². The Balaban J connectivity index is 2.09. The average Bonchev–Trinajstić information content (AvgIpc) is 2.76. The molecule has 2 heterocycles. The molecule has 0 atom stereocenters. The molecule has 3 nitrogen and oxygen atoms in total. The number of hydrogen-bond donors (Lipinski definition) is 0. The molecule has 1 aliphatic rings. The number of aromatic nitrogens is 2. The van der Waals surface area contributed by atoms with Crippen LogP contribution in [0.4, 0.5) is 0 Å². The standard InChI is InChI=1S/C12H10Cl2N2O/c13-9-3-1-2-8(12(9)14)10-6-16-4-5-17-7-11(16)15-10/h1-3,6H,4-5,7H2. The third-order valence-electron chi connectivity index (χ3n) is 2.79. The number of fused-ring (bicyclic) bond motifs is 1. The summed E-state index contributed by atoms with van der Waals surface area (Å²) >= 11 is 12.2. The first kappa shape index (κ1) is 11.1. The maximum Gasteiger partial charge on any atom is 0.135 e. The summed E-state index contributed by atoms with van der Waals surface area (Å²) in [6, 6.07) is 5.56. The number of hydrogen-bond acceptors (Lipinski definition) is 2. The second kappa shape index (κ2) is 4.33. The Bertz CT molecular complexity index is 542. The fourth-order valence-electron chi connectivity index (χ4n) is 1.92. The number of rotatable bonds is 1. The van der Waals surface area contributed by atoms with Crippen molar-refractivity contribution >= 4 is 23.2 Å². The van der Waals surface area contributed by atoms with E-state index in [9.17, 15) is 0 Å². The minimum Gasteiger partial charge on any atom is -0.372 e. The molecule has 0 saturated heterocycles. The topological polar surface area (TPSA) is 27.1 Å². The highest BCUT2D eigenvalue weighted by Gasteiger charge is 2.15. The Morgan fingerprint density at radius 2 is 2.18 bits per heavy atom. The van der Waals surface area contributed by atoms with E-state index in [2.05, 4.69) is 9.55 Å². The van der Waals surface area contributed by atoms with Gasteiger partial charge in [0.05, 0.1) is 22.3 Å². The largest absolute Gasteiger partial charge is 0.372 e. The van der Waals surface area contributed by atoms with Crippen LogP contribution in [0.25, 0.3) is 11.3 Å². The number of ether oxygens (including phenoxy) is 1. The van der Waals surface area contributed by atoms with Crippen LogP contribution in [0, 0.1) is 0 Å². The summed E-state index contributed by atoms with van der Waals surface area (Å²) in [7, 11) is 0. The third-order valence-corrected chi connectivity index (χ3v) is 3.61. The lowest BCUT2D eigenvalue weighted by molar-refractivity contribution is 0.0816. The number of nitrogens with zero attached hydrogens (tertiary/aromatic N) is 2. The molecule has 3 rings (SSSR count). The van der Waals surface area contributed by atoms with Crippen LogP contribution >= 0.6 is 23.2 Å². The quantitative estimate of drug-likeness (QED) is 0.793. The molecule has 0 aliphatic carbocycles. The average molecular weight is 269 g/mol. The van der Waals surface area contributed by atoms with E-state index in [1.54, 1.807) is 6.07 Å². The molecule has 0 unspecified atom stereocenters. The molecule has 0 N–H and O–H groups in total. The van der Waals surface area contributed by atoms with Gasteiger partial charge in [-0.25, -0.2) is 4.98 Å². The summed E-state index contributed by atoms with van der Waals surface area (Å²) in [6.45, 7) is 2.12. The summed E-state index contributed by atoms with van der Waals surface area (Å²) in [5.74, 6) is 0.933. The van der Waals surface area contributed by atoms with Gasteiger partial charge in [-0.1, -0.05) is 35.3 Å². The van der Waals surface area contributed by atoms with Gasteiger partial charge in [-0.2, -0.15) is 0 Å². The van der Waals surface area contributed by atoms with Crippen molar-refractivity contribution in [1.29, 1.82) is 0 Å².